The van der Waals surface area contributed by atoms with Gasteiger partial charge in [0.15, 0.2) is 20.4 Å². The minimum absolute atomic E-state index is 0.201. The van der Waals surface area contributed by atoms with E-state index in [1.165, 1.54) is 6.33 Å². The first-order valence-corrected chi connectivity index (χ1v) is 13.6. The van der Waals surface area contributed by atoms with E-state index in [0.717, 1.165) is 37.3 Å². The molecule has 166 valence electrons. The molecule has 0 saturated carbocycles. The van der Waals surface area contributed by atoms with Crippen LogP contribution in [0.1, 0.15) is 33.6 Å². The van der Waals surface area contributed by atoms with E-state index >= 15 is 0 Å². The van der Waals surface area contributed by atoms with Gasteiger partial charge < -0.3 is 24.1 Å². The van der Waals surface area contributed by atoms with Gasteiger partial charge in [0, 0.05) is 25.9 Å². The van der Waals surface area contributed by atoms with Crippen molar-refractivity contribution in [1.29, 1.82) is 0 Å². The number of rotatable bonds is 6. The van der Waals surface area contributed by atoms with E-state index in [1.807, 2.05) is 6.20 Å². The van der Waals surface area contributed by atoms with Gasteiger partial charge in [-0.05, 0) is 31.0 Å². The fraction of sp³-hybridized carbons (Fsp3) is 0.667. The zero-order valence-corrected chi connectivity index (χ0v) is 19.8. The molecule has 3 rings (SSSR count). The van der Waals surface area contributed by atoms with E-state index in [-0.39, 0.29) is 5.04 Å². The lowest BCUT2D eigenvalue weighted by Gasteiger charge is -2.38. The highest BCUT2D eigenvalue weighted by Crippen LogP contribution is 2.36. The number of aliphatic hydroxyl groups excluding tert-OH is 1. The maximum Gasteiger partial charge on any atom is 0.191 e. The van der Waals surface area contributed by atoms with Crippen LogP contribution >= 0.6 is 0 Å². The van der Waals surface area contributed by atoms with Crippen LogP contribution in [0.3, 0.4) is 0 Å². The summed E-state index contributed by atoms with van der Waals surface area (Å²) in [7, 11) is -1.75. The van der Waals surface area contributed by atoms with Crippen molar-refractivity contribution in [2.24, 2.45) is 4.99 Å². The third kappa shape index (κ3) is 5.45. The molecule has 1 fully saturated rings. The molecule has 0 aliphatic carbocycles. The van der Waals surface area contributed by atoms with E-state index in [9.17, 15) is 5.11 Å². The first-order chi connectivity index (χ1) is 14.2. The van der Waals surface area contributed by atoms with E-state index in [4.69, 9.17) is 14.2 Å². The molecular formula is C21H35N5O3Si. The third-order valence-corrected chi connectivity index (χ3v) is 10.6. The van der Waals surface area contributed by atoms with Crippen LogP contribution in [0.2, 0.25) is 18.1 Å². The summed E-state index contributed by atoms with van der Waals surface area (Å²) in [6.07, 6.45) is 7.58. The standard InChI is InChI=1S/C21H35N5O3Si/c1-21(2,3)30(4,5)29-10-6-7-17-15-26(18-13-22-16-23-14-18)20(27)19(24-17)25-8-11-28-12-9-25/h13-16,20,27H,6-12H2,1-5H3. The van der Waals surface area contributed by atoms with Gasteiger partial charge in [0.2, 0.25) is 0 Å². The molecule has 0 bridgehead atoms. The van der Waals surface area contributed by atoms with Crippen LogP contribution in [0.25, 0.3) is 0 Å². The molecule has 0 amide bonds. The smallest absolute Gasteiger partial charge is 0.191 e. The molecule has 1 N–H and O–H groups in total. The predicted molar refractivity (Wildman–Crippen MR) is 121 cm³/mol. The summed E-state index contributed by atoms with van der Waals surface area (Å²) in [5, 5.41) is 11.2. The number of allylic oxidation sites excluding steroid dienone is 1. The molecule has 9 heteroatoms. The largest absolute Gasteiger partial charge is 0.417 e. The van der Waals surface area contributed by atoms with Gasteiger partial charge >= 0.3 is 0 Å². The van der Waals surface area contributed by atoms with E-state index in [1.54, 1.807) is 17.3 Å². The number of hydrogen-bond donors (Lipinski definition) is 1. The second kappa shape index (κ2) is 9.55. The summed E-state index contributed by atoms with van der Waals surface area (Å²) in [6, 6.07) is 0. The van der Waals surface area contributed by atoms with Gasteiger partial charge in [0.25, 0.3) is 0 Å². The average molecular weight is 434 g/mol. The van der Waals surface area contributed by atoms with E-state index in [2.05, 4.69) is 48.7 Å². The Balaban J connectivity index is 1.72. The van der Waals surface area contributed by atoms with Crippen LogP contribution in [0.5, 0.6) is 0 Å². The van der Waals surface area contributed by atoms with Crippen LogP contribution in [-0.2, 0) is 9.16 Å². The summed E-state index contributed by atoms with van der Waals surface area (Å²) in [4.78, 5) is 16.9. The highest BCUT2D eigenvalue weighted by molar-refractivity contribution is 6.74. The molecule has 1 unspecified atom stereocenters. The van der Waals surface area contributed by atoms with Crippen molar-refractivity contribution in [2.45, 2.75) is 58.0 Å². The van der Waals surface area contributed by atoms with Crippen molar-refractivity contribution in [3.63, 3.8) is 0 Å². The third-order valence-electron chi connectivity index (χ3n) is 6.07. The molecule has 2 aliphatic heterocycles. The van der Waals surface area contributed by atoms with Crippen molar-refractivity contribution in [1.82, 2.24) is 14.9 Å². The number of aliphatic imine (C=N–C) groups is 1. The molecule has 1 atom stereocenters. The molecule has 1 aromatic heterocycles. The maximum atomic E-state index is 11.0. The summed E-state index contributed by atoms with van der Waals surface area (Å²) < 4.78 is 11.8. The van der Waals surface area contributed by atoms with Crippen LogP contribution in [0.4, 0.5) is 5.69 Å². The number of nitrogens with zero attached hydrogens (tertiary/aromatic N) is 5. The summed E-state index contributed by atoms with van der Waals surface area (Å²) in [6.45, 7) is 14.7. The average Bonchev–Trinajstić information content (AvgIpc) is 2.72. The normalized spacial score (nSPS) is 20.8. The van der Waals surface area contributed by atoms with Gasteiger partial charge in [0.05, 0.1) is 37.0 Å². The number of morpholine rings is 1. The first-order valence-electron chi connectivity index (χ1n) is 10.7. The minimum Gasteiger partial charge on any atom is -0.417 e. The number of anilines is 1. The Morgan fingerprint density at radius 2 is 1.87 bits per heavy atom. The SMILES string of the molecule is CC(C)(C)[Si](C)(C)OCCCC1=CN(c2cncnc2)C(O)C(N2CCOCC2)=N1. The van der Waals surface area contributed by atoms with Gasteiger partial charge in [-0.15, -0.1) is 0 Å². The second-order valence-corrected chi connectivity index (χ2v) is 14.1. The quantitative estimate of drug-likeness (QED) is 0.545. The van der Waals surface area contributed by atoms with Gasteiger partial charge in [-0.3, -0.25) is 0 Å². The lowest BCUT2D eigenvalue weighted by molar-refractivity contribution is 0.0622. The number of amidine groups is 1. The van der Waals surface area contributed by atoms with Crippen molar-refractivity contribution >= 4 is 19.8 Å². The number of hydrogen-bond acceptors (Lipinski definition) is 8. The topological polar surface area (TPSA) is 83.3 Å². The minimum atomic E-state index is -1.75. The van der Waals surface area contributed by atoms with Crippen LogP contribution in [0, 0.1) is 0 Å². The van der Waals surface area contributed by atoms with E-state index < -0.39 is 14.5 Å². The summed E-state index contributed by atoms with van der Waals surface area (Å²) in [5.74, 6) is 0.657. The monoisotopic (exact) mass is 433 g/mol. The van der Waals surface area contributed by atoms with Crippen LogP contribution in [-0.4, -0.2) is 73.3 Å². The number of aromatic nitrogens is 2. The molecule has 0 spiro atoms. The Labute approximate surface area is 180 Å². The Hall–Kier alpha value is -1.81. The highest BCUT2D eigenvalue weighted by Gasteiger charge is 2.37. The molecule has 1 saturated heterocycles. The maximum absolute atomic E-state index is 11.0. The first kappa shape index (κ1) is 22.9. The fourth-order valence-corrected chi connectivity index (χ4v) is 4.26. The fourth-order valence-electron chi connectivity index (χ4n) is 3.17. The van der Waals surface area contributed by atoms with Gasteiger partial charge in [-0.2, -0.15) is 0 Å². The number of ether oxygens (including phenoxy) is 1. The zero-order valence-electron chi connectivity index (χ0n) is 18.8. The van der Waals surface area contributed by atoms with Crippen molar-refractivity contribution in [2.75, 3.05) is 37.8 Å². The van der Waals surface area contributed by atoms with Crippen molar-refractivity contribution < 1.29 is 14.3 Å². The zero-order chi connectivity index (χ0) is 21.8. The van der Waals surface area contributed by atoms with E-state index in [0.29, 0.717) is 25.7 Å². The Kier molecular flexibility index (Phi) is 7.28. The highest BCUT2D eigenvalue weighted by atomic mass is 28.4. The van der Waals surface area contributed by atoms with Gasteiger partial charge in [-0.1, -0.05) is 20.8 Å². The summed E-state index contributed by atoms with van der Waals surface area (Å²) >= 11 is 0. The molecule has 0 aromatic carbocycles. The van der Waals surface area contributed by atoms with Crippen molar-refractivity contribution in [3.8, 4) is 0 Å². The molecule has 2 aliphatic rings. The molecule has 30 heavy (non-hydrogen) atoms. The van der Waals surface area contributed by atoms with Gasteiger partial charge in [0.1, 0.15) is 6.33 Å². The molecule has 1 aromatic rings. The summed E-state index contributed by atoms with van der Waals surface area (Å²) in [5.41, 5.74) is 1.66. The van der Waals surface area contributed by atoms with Crippen LogP contribution in [0.15, 0.2) is 35.6 Å². The second-order valence-electron chi connectivity index (χ2n) is 9.28. The Morgan fingerprint density at radius 1 is 1.20 bits per heavy atom. The molecule has 3 heterocycles. The molecule has 8 nitrogen and oxygen atoms in total. The number of aliphatic hydroxyl groups is 1. The van der Waals surface area contributed by atoms with Gasteiger partial charge in [-0.25, -0.2) is 15.0 Å². The lowest BCUT2D eigenvalue weighted by atomic mass is 10.2. The molecular weight excluding hydrogens is 398 g/mol. The Morgan fingerprint density at radius 3 is 2.50 bits per heavy atom. The predicted octanol–water partition coefficient (Wildman–Crippen LogP) is 2.99. The van der Waals surface area contributed by atoms with Crippen molar-refractivity contribution in [3.05, 3.63) is 30.6 Å². The van der Waals surface area contributed by atoms with Crippen LogP contribution < -0.4 is 4.90 Å². The Bertz CT molecular complexity index is 758. The molecule has 0 radical (unpaired) electrons. The lowest BCUT2D eigenvalue weighted by Crippen LogP contribution is -2.52.